The van der Waals surface area contributed by atoms with Gasteiger partial charge in [0.05, 0.1) is 6.42 Å². The fraction of sp³-hybridized carbons (Fsp3) is 0.500. The van der Waals surface area contributed by atoms with Gasteiger partial charge in [-0.25, -0.2) is 0 Å². The molecule has 0 aliphatic rings. The highest BCUT2D eigenvalue weighted by Gasteiger charge is 2.15. The lowest BCUT2D eigenvalue weighted by molar-refractivity contribution is -0.121. The first-order valence-electron chi connectivity index (χ1n) is 6.36. The fourth-order valence-corrected chi connectivity index (χ4v) is 2.45. The molecule has 1 aromatic carbocycles. The highest BCUT2D eigenvalue weighted by molar-refractivity contribution is 6.36. The molecular formula is C14H20Cl2N2O. The Balaban J connectivity index is 2.64. The number of rotatable bonds is 6. The molecule has 1 amide bonds. The van der Waals surface area contributed by atoms with Gasteiger partial charge in [0.15, 0.2) is 0 Å². The van der Waals surface area contributed by atoms with Crippen molar-refractivity contribution in [1.82, 2.24) is 5.32 Å². The van der Waals surface area contributed by atoms with Crippen LogP contribution in [-0.4, -0.2) is 18.5 Å². The van der Waals surface area contributed by atoms with Gasteiger partial charge < -0.3 is 11.1 Å². The predicted molar refractivity (Wildman–Crippen MR) is 80.6 cm³/mol. The molecule has 0 saturated heterocycles. The summed E-state index contributed by atoms with van der Waals surface area (Å²) in [4.78, 5) is 12.0. The lowest BCUT2D eigenvalue weighted by atomic mass is 10.0. The number of carbonyl (C=O) groups excluding carboxylic acids is 1. The Kier molecular flexibility index (Phi) is 6.63. The Hall–Kier alpha value is -0.770. The highest BCUT2D eigenvalue weighted by atomic mass is 35.5. The number of amides is 1. The quantitative estimate of drug-likeness (QED) is 0.848. The molecule has 1 rings (SSSR count). The van der Waals surface area contributed by atoms with E-state index in [9.17, 15) is 4.79 Å². The van der Waals surface area contributed by atoms with Gasteiger partial charge in [0.25, 0.3) is 0 Å². The molecule has 0 aromatic heterocycles. The van der Waals surface area contributed by atoms with Gasteiger partial charge in [-0.05, 0) is 30.0 Å². The van der Waals surface area contributed by atoms with Crippen LogP contribution in [-0.2, 0) is 11.2 Å². The van der Waals surface area contributed by atoms with Crippen LogP contribution in [0.5, 0.6) is 0 Å². The number of hydrogen-bond donors (Lipinski definition) is 2. The molecular weight excluding hydrogens is 283 g/mol. The third-order valence-electron chi connectivity index (χ3n) is 2.80. The van der Waals surface area contributed by atoms with Crippen molar-refractivity contribution in [3.05, 3.63) is 33.8 Å². The molecule has 0 fully saturated rings. The molecule has 106 valence electrons. The summed E-state index contributed by atoms with van der Waals surface area (Å²) in [5, 5.41) is 3.94. The lowest BCUT2D eigenvalue weighted by Gasteiger charge is -2.19. The Morgan fingerprint density at radius 2 is 1.89 bits per heavy atom. The zero-order valence-electron chi connectivity index (χ0n) is 11.2. The molecule has 0 aliphatic carbocycles. The summed E-state index contributed by atoms with van der Waals surface area (Å²) in [5.74, 6) is 0.379. The van der Waals surface area contributed by atoms with Crippen LogP contribution in [0.25, 0.3) is 0 Å². The van der Waals surface area contributed by atoms with Crippen molar-refractivity contribution in [1.29, 1.82) is 0 Å². The minimum absolute atomic E-state index is 0.00577. The molecule has 19 heavy (non-hydrogen) atoms. The van der Waals surface area contributed by atoms with E-state index in [1.54, 1.807) is 18.2 Å². The maximum absolute atomic E-state index is 12.0. The summed E-state index contributed by atoms with van der Waals surface area (Å²) < 4.78 is 0. The number of nitrogens with two attached hydrogens (primary N) is 1. The highest BCUT2D eigenvalue weighted by Crippen LogP contribution is 2.24. The van der Waals surface area contributed by atoms with E-state index in [0.29, 0.717) is 28.1 Å². The van der Waals surface area contributed by atoms with E-state index in [2.05, 4.69) is 19.2 Å². The number of carbonyl (C=O) groups is 1. The standard InChI is InChI=1S/C14H20Cl2N2O/c1-9(2)6-10(8-17)18-14(19)7-11-12(15)4-3-5-13(11)16/h3-5,9-10H,6-8,17H2,1-2H3,(H,18,19). The molecule has 0 radical (unpaired) electrons. The summed E-state index contributed by atoms with van der Waals surface area (Å²) in [6, 6.07) is 5.21. The second-order valence-electron chi connectivity index (χ2n) is 5.01. The SMILES string of the molecule is CC(C)CC(CN)NC(=O)Cc1c(Cl)cccc1Cl. The monoisotopic (exact) mass is 302 g/mol. The average molecular weight is 303 g/mol. The first-order chi connectivity index (χ1) is 8.93. The van der Waals surface area contributed by atoms with Gasteiger partial charge in [-0.3, -0.25) is 4.79 Å². The summed E-state index contributed by atoms with van der Waals surface area (Å²) in [5.41, 5.74) is 6.31. The van der Waals surface area contributed by atoms with Gasteiger partial charge >= 0.3 is 0 Å². The van der Waals surface area contributed by atoms with E-state index in [4.69, 9.17) is 28.9 Å². The molecule has 0 saturated carbocycles. The topological polar surface area (TPSA) is 55.1 Å². The van der Waals surface area contributed by atoms with Crippen molar-refractivity contribution >= 4 is 29.1 Å². The van der Waals surface area contributed by atoms with Gasteiger partial charge in [0.2, 0.25) is 5.91 Å². The molecule has 3 nitrogen and oxygen atoms in total. The maximum Gasteiger partial charge on any atom is 0.224 e. The third kappa shape index (κ3) is 5.39. The number of halogens is 2. The fourth-order valence-electron chi connectivity index (χ4n) is 1.92. The second-order valence-corrected chi connectivity index (χ2v) is 5.82. The van der Waals surface area contributed by atoms with Gasteiger partial charge in [-0.1, -0.05) is 43.1 Å². The van der Waals surface area contributed by atoms with Crippen LogP contribution in [0.2, 0.25) is 10.0 Å². The summed E-state index contributed by atoms with van der Waals surface area (Å²) in [6.45, 7) is 4.62. The first kappa shape index (κ1) is 16.3. The Labute approximate surface area is 124 Å². The van der Waals surface area contributed by atoms with Crippen LogP contribution in [0.1, 0.15) is 25.8 Å². The van der Waals surface area contributed by atoms with Crippen molar-refractivity contribution < 1.29 is 4.79 Å². The Morgan fingerprint density at radius 1 is 1.32 bits per heavy atom. The predicted octanol–water partition coefficient (Wildman–Crippen LogP) is 3.03. The smallest absolute Gasteiger partial charge is 0.224 e. The molecule has 1 aromatic rings. The zero-order valence-corrected chi connectivity index (χ0v) is 12.8. The van der Waals surface area contributed by atoms with Crippen LogP contribution in [0.4, 0.5) is 0 Å². The average Bonchev–Trinajstić information content (AvgIpc) is 2.32. The summed E-state index contributed by atoms with van der Waals surface area (Å²) in [7, 11) is 0. The van der Waals surface area contributed by atoms with Crippen LogP contribution < -0.4 is 11.1 Å². The molecule has 0 bridgehead atoms. The number of nitrogens with one attached hydrogen (secondary N) is 1. The number of benzene rings is 1. The molecule has 0 aliphatic heterocycles. The molecule has 3 N–H and O–H groups in total. The van der Waals surface area contributed by atoms with Gasteiger partial charge in [0.1, 0.15) is 0 Å². The molecule has 0 spiro atoms. The normalized spacial score (nSPS) is 12.5. The molecule has 5 heteroatoms. The minimum Gasteiger partial charge on any atom is -0.352 e. The minimum atomic E-state index is -0.105. The van der Waals surface area contributed by atoms with Gasteiger partial charge in [0, 0.05) is 22.6 Å². The van der Waals surface area contributed by atoms with Crippen molar-refractivity contribution in [2.24, 2.45) is 11.7 Å². The van der Waals surface area contributed by atoms with E-state index < -0.39 is 0 Å². The number of hydrogen-bond acceptors (Lipinski definition) is 2. The van der Waals surface area contributed by atoms with Crippen LogP contribution in [0.15, 0.2) is 18.2 Å². The first-order valence-corrected chi connectivity index (χ1v) is 7.12. The maximum atomic E-state index is 12.0. The van der Waals surface area contributed by atoms with Crippen molar-refractivity contribution in [3.8, 4) is 0 Å². The lowest BCUT2D eigenvalue weighted by Crippen LogP contribution is -2.41. The third-order valence-corrected chi connectivity index (χ3v) is 3.51. The van der Waals surface area contributed by atoms with Gasteiger partial charge in [-0.2, -0.15) is 0 Å². The zero-order chi connectivity index (χ0) is 14.4. The van der Waals surface area contributed by atoms with Crippen LogP contribution in [0, 0.1) is 5.92 Å². The van der Waals surface area contributed by atoms with Crippen molar-refractivity contribution in [3.63, 3.8) is 0 Å². The van der Waals surface area contributed by atoms with Gasteiger partial charge in [-0.15, -0.1) is 0 Å². The van der Waals surface area contributed by atoms with Crippen molar-refractivity contribution in [2.75, 3.05) is 6.54 Å². The Morgan fingerprint density at radius 3 is 2.37 bits per heavy atom. The molecule has 1 unspecified atom stereocenters. The van der Waals surface area contributed by atoms with E-state index in [1.807, 2.05) is 0 Å². The van der Waals surface area contributed by atoms with Crippen LogP contribution >= 0.6 is 23.2 Å². The largest absolute Gasteiger partial charge is 0.352 e. The molecule has 1 atom stereocenters. The van der Waals surface area contributed by atoms with E-state index in [0.717, 1.165) is 6.42 Å². The summed E-state index contributed by atoms with van der Waals surface area (Å²) in [6.07, 6.45) is 1.03. The van der Waals surface area contributed by atoms with E-state index in [-0.39, 0.29) is 18.4 Å². The van der Waals surface area contributed by atoms with E-state index >= 15 is 0 Å². The van der Waals surface area contributed by atoms with E-state index in [1.165, 1.54) is 0 Å². The summed E-state index contributed by atoms with van der Waals surface area (Å²) >= 11 is 12.1. The second kappa shape index (κ2) is 7.73. The molecule has 0 heterocycles. The van der Waals surface area contributed by atoms with Crippen molar-refractivity contribution in [2.45, 2.75) is 32.7 Å². The Bertz CT molecular complexity index is 415. The van der Waals surface area contributed by atoms with Crippen LogP contribution in [0.3, 0.4) is 0 Å².